The van der Waals surface area contributed by atoms with Gasteiger partial charge in [0.1, 0.15) is 42.7 Å². The maximum absolute atomic E-state index is 14.4. The highest BCUT2D eigenvalue weighted by molar-refractivity contribution is 5.89. The fraction of sp³-hybridized carbons (Fsp3) is 0.805. The topological polar surface area (TPSA) is 347 Å². The van der Waals surface area contributed by atoms with Gasteiger partial charge in [-0.3, -0.25) is 14.4 Å². The smallest absolute Gasteiger partial charge is 0.338 e. The van der Waals surface area contributed by atoms with Gasteiger partial charge in [-0.05, 0) is 237 Å². The van der Waals surface area contributed by atoms with Crippen molar-refractivity contribution in [1.29, 1.82) is 0 Å². The summed E-state index contributed by atoms with van der Waals surface area (Å²) < 4.78 is 55.8. The number of carbonyl (C=O) groups is 6. The molecule has 2 saturated heterocycles. The van der Waals surface area contributed by atoms with Crippen LogP contribution in [0.4, 0.5) is 0 Å². The Labute approximate surface area is 822 Å². The number of esters is 6. The molecule has 1 aromatic carbocycles. The van der Waals surface area contributed by atoms with Crippen LogP contribution >= 0.6 is 0 Å². The molecule has 2 saturated carbocycles. The van der Waals surface area contributed by atoms with E-state index in [0.29, 0.717) is 65.6 Å². The van der Waals surface area contributed by atoms with Crippen LogP contribution in [0.3, 0.4) is 0 Å². The molecule has 31 atom stereocenters. The Balaban J connectivity index is 0.000000493. The Morgan fingerprint density at radius 1 is 0.493 bits per heavy atom. The molecule has 1 aromatic rings. The first kappa shape index (κ1) is 124. The number of hydrogen-bond donors (Lipinski definition) is 8. The molecule has 136 heavy (non-hydrogen) atoms. The van der Waals surface area contributed by atoms with Gasteiger partial charge in [0.15, 0.2) is 24.1 Å². The van der Waals surface area contributed by atoms with Crippen LogP contribution in [0, 0.1) is 122 Å². The third kappa shape index (κ3) is 29.5. The number of hydrogen-bond acceptors (Lipinski definition) is 23. The second kappa shape index (κ2) is 52.0. The molecule has 4 fully saturated rings. The Kier molecular flexibility index (Phi) is 47.6. The lowest BCUT2D eigenvalue weighted by Gasteiger charge is -2.67. The fourth-order valence-electron chi connectivity index (χ4n) is 22.0. The lowest BCUT2D eigenvalue weighted by Crippen LogP contribution is -2.80. The maximum Gasteiger partial charge on any atom is 0.338 e. The first-order valence-electron chi connectivity index (χ1n) is 51.4. The number of benzene rings is 1. The summed E-state index contributed by atoms with van der Waals surface area (Å²) in [5.41, 5.74) is 0.619. The Morgan fingerprint density at radius 2 is 0.890 bits per heavy atom. The molecule has 0 spiro atoms. The molecule has 23 heteroatoms. The van der Waals surface area contributed by atoms with Crippen molar-refractivity contribution in [3.63, 3.8) is 0 Å². The Hall–Kier alpha value is -5.70. The summed E-state index contributed by atoms with van der Waals surface area (Å²) in [4.78, 5) is 78.5. The van der Waals surface area contributed by atoms with Gasteiger partial charge < -0.3 is 83.5 Å². The molecule has 2 aliphatic heterocycles. The largest absolute Gasteiger partial charge is 0.458 e. The normalized spacial score (nSPS) is 27.4. The molecule has 0 bridgehead atoms. The van der Waals surface area contributed by atoms with E-state index in [1.807, 2.05) is 152 Å². The van der Waals surface area contributed by atoms with Crippen molar-refractivity contribution in [3.05, 3.63) is 93.1 Å². The quantitative estimate of drug-likeness (QED) is 0.0171. The van der Waals surface area contributed by atoms with Crippen LogP contribution in [-0.4, -0.2) is 192 Å². The average molecular weight is 1920 g/mol. The van der Waals surface area contributed by atoms with Crippen molar-refractivity contribution in [2.75, 3.05) is 6.61 Å². The van der Waals surface area contributed by atoms with E-state index in [-0.39, 0.29) is 89.7 Å². The highest BCUT2D eigenvalue weighted by Crippen LogP contribution is 2.71. The second-order valence-electron chi connectivity index (χ2n) is 46.5. The Bertz CT molecular complexity index is 3900. The summed E-state index contributed by atoms with van der Waals surface area (Å²) in [5.74, 6) is -2.08. The van der Waals surface area contributed by atoms with Crippen LogP contribution in [0.1, 0.15) is 359 Å². The number of rotatable bonds is 43. The van der Waals surface area contributed by atoms with Crippen molar-refractivity contribution in [2.45, 2.75) is 458 Å². The molecule has 23 nitrogen and oxygen atoms in total. The minimum Gasteiger partial charge on any atom is -0.458 e. The molecule has 0 radical (unpaired) electrons. The summed E-state index contributed by atoms with van der Waals surface area (Å²) in [6.07, 6.45) is -3.99. The van der Waals surface area contributed by atoms with E-state index in [0.717, 1.165) is 65.5 Å². The van der Waals surface area contributed by atoms with E-state index in [2.05, 4.69) is 117 Å². The average Bonchev–Trinajstić information content (AvgIpc) is 1.44. The Morgan fingerprint density at radius 3 is 1.27 bits per heavy atom. The van der Waals surface area contributed by atoms with Gasteiger partial charge >= 0.3 is 35.8 Å². The molecule has 8 N–H and O–H groups in total. The van der Waals surface area contributed by atoms with Gasteiger partial charge in [-0.1, -0.05) is 250 Å². The zero-order valence-electron chi connectivity index (χ0n) is 92.4. The minimum atomic E-state index is -1.61. The molecule has 6 rings (SSSR count). The summed E-state index contributed by atoms with van der Waals surface area (Å²) in [6.45, 7) is 86.7. The van der Waals surface area contributed by atoms with Gasteiger partial charge in [-0.15, -0.1) is 0 Å². The van der Waals surface area contributed by atoms with E-state index in [1.165, 1.54) is 6.92 Å². The maximum atomic E-state index is 14.4. The third-order valence-corrected chi connectivity index (χ3v) is 33.6. The van der Waals surface area contributed by atoms with Crippen molar-refractivity contribution in [3.8, 4) is 0 Å². The van der Waals surface area contributed by atoms with Crippen LogP contribution in [-0.2, 0) is 66.6 Å². The van der Waals surface area contributed by atoms with Gasteiger partial charge in [0.05, 0.1) is 77.6 Å². The van der Waals surface area contributed by atoms with Crippen LogP contribution < -0.4 is 0 Å². The van der Waals surface area contributed by atoms with Crippen LogP contribution in [0.2, 0.25) is 0 Å². The van der Waals surface area contributed by atoms with E-state index >= 15 is 0 Å². The molecule has 5 aliphatic rings. The third-order valence-electron chi connectivity index (χ3n) is 33.6. The van der Waals surface area contributed by atoms with E-state index in [4.69, 9.17) is 42.6 Å². The molecular formula is C113H194O23. The summed E-state index contributed by atoms with van der Waals surface area (Å²) in [7, 11) is 0. The predicted octanol–water partition coefficient (Wildman–Crippen LogP) is 21.4. The van der Waals surface area contributed by atoms with Crippen LogP contribution in [0.15, 0.2) is 87.6 Å². The second-order valence-corrected chi connectivity index (χ2v) is 46.5. The molecule has 3 aliphatic carbocycles. The standard InChI is InChI=1S/C41H56O11.C25H48O3.C24H46O4.C23H44O5/c1-11-30-49-28-18-29-41(20-47-29,52-25(7)42)33-35(51-36(44)26-15-13-12-14-16-26)40(38(8,9)46)19-27(48-37(45)32(43)22(4)17-21(2)3)23(5)31(40)24(6)34(50-30)39(28,33)10;1-13-17(5)25(11,12)23(26)21(9)19(7)20(8)22(10)28-24(27)18(6)16(4)14-15(2)3;1-12-16(5)24(10,11)22(26)21(25)19(8)18(7)20(9)28-23(27)17(6)15(4)13-14(2)3;1-11-19(24)23(9,10)21(26)17(7)15(5)16(6)18(8)28-22(27)20(25)14(4)12-13(2)3/h11-16,21-22,24,27-30,32-35,43,46H,1,17-20H2,2-10H3;15-18,21-23,26H,13-14H2,1-12H3;14-17,20-22,25-26H,12-13H2,1-11H3;13-14,17-21,24-26H,11-12H2,1-10H3/b;20-19+;19-18+;16-15+/t22-,24-,27-,28-,29+,30?,32?,33-,34-,35-,39+,40-,41-;16-,17-,18?,21-,22-,23-;15-,16-,17?,20-,21-,22-;14-,17-,18-,19-,20?,21-/m0000/s1. The van der Waals surface area contributed by atoms with Gasteiger partial charge in [0.2, 0.25) is 0 Å². The molecule has 0 aromatic heterocycles. The lowest BCUT2D eigenvalue weighted by atomic mass is 9.49. The van der Waals surface area contributed by atoms with Gasteiger partial charge in [-0.2, -0.15) is 0 Å². The number of fused-ring (bicyclic) bond motifs is 3. The van der Waals surface area contributed by atoms with Crippen molar-refractivity contribution < 1.29 is 112 Å². The molecular weight excluding hydrogens is 1730 g/mol. The highest BCUT2D eigenvalue weighted by atomic mass is 16.7. The lowest BCUT2D eigenvalue weighted by molar-refractivity contribution is -0.391. The van der Waals surface area contributed by atoms with Crippen LogP contribution in [0.25, 0.3) is 0 Å². The van der Waals surface area contributed by atoms with E-state index in [9.17, 15) is 69.6 Å². The van der Waals surface area contributed by atoms with E-state index < -0.39 is 160 Å². The molecule has 0 amide bonds. The summed E-state index contributed by atoms with van der Waals surface area (Å²) >= 11 is 0. The molecule has 5 unspecified atom stereocenters. The highest BCUT2D eigenvalue weighted by Gasteiger charge is 2.80. The van der Waals surface area contributed by atoms with Gasteiger partial charge in [0.25, 0.3) is 0 Å². The summed E-state index contributed by atoms with van der Waals surface area (Å²) in [6, 6.07) is 8.60. The number of aliphatic hydroxyl groups excluding tert-OH is 7. The first-order valence-corrected chi connectivity index (χ1v) is 51.4. The monoisotopic (exact) mass is 1920 g/mol. The zero-order valence-corrected chi connectivity index (χ0v) is 92.4. The summed E-state index contributed by atoms with van der Waals surface area (Å²) in [5, 5.41) is 87.7. The van der Waals surface area contributed by atoms with Crippen molar-refractivity contribution in [1.82, 2.24) is 0 Å². The van der Waals surface area contributed by atoms with Crippen LogP contribution in [0.5, 0.6) is 0 Å². The minimum absolute atomic E-state index is 0.0161. The molecule has 2 heterocycles. The van der Waals surface area contributed by atoms with E-state index in [1.54, 1.807) is 57.2 Å². The number of aliphatic hydroxyl groups is 8. The number of carbonyl (C=O) groups excluding carboxylic acids is 6. The first-order chi connectivity index (χ1) is 62.4. The predicted molar refractivity (Wildman–Crippen MR) is 540 cm³/mol. The zero-order chi connectivity index (χ0) is 105. The van der Waals surface area contributed by atoms with Crippen molar-refractivity contribution >= 4 is 35.8 Å². The van der Waals surface area contributed by atoms with Crippen molar-refractivity contribution in [2.24, 2.45) is 122 Å². The van der Waals surface area contributed by atoms with Gasteiger partial charge in [0, 0.05) is 48.3 Å². The fourth-order valence-corrected chi connectivity index (χ4v) is 22.0. The SMILES string of the molecule is C=CC1O[C@H]2C[C@H]3OC[C@@]3(OC(C)=O)[C@H]3[C@H](OC(=O)c4ccccc4)[C@]4(C(C)(C)O)C[C@H](OC(=O)C(O)[C@@H](C)CC(C)C)C(C)=C4[C@H](C)[C@H](O1)[C@]23C.CC[C@H](C)C(C)(C)[C@@H](O)[C@@H](C)/C(C)=C(\C)[C@H](C)OC(=O)C(C)[C@@H](C)CC(C)C.CC[C@H](C)C(C)(C)[C@@H](O)[C@@H](O)/C(C)=C(\C)[C@H](C)OC(=O)C(C)[C@@H](C)CC(C)C.CC[C@H](O)C(C)(C)[C@@H](O)[C@@H](C)/C(C)=C(\C)[C@H](C)OC(=O)C(O)[C@@H](C)CC(C)C. The molecule has 784 valence electrons. The van der Waals surface area contributed by atoms with Gasteiger partial charge in [-0.25, -0.2) is 14.4 Å². The number of ether oxygens (including phenoxy) is 9.